The first kappa shape index (κ1) is 10.1. The molecule has 78 valence electrons. The summed E-state index contributed by atoms with van der Waals surface area (Å²) in [5.41, 5.74) is -0.714. The lowest BCUT2D eigenvalue weighted by atomic mass is 9.83. The zero-order chi connectivity index (χ0) is 10.4. The van der Waals surface area contributed by atoms with Crippen LogP contribution in [-0.4, -0.2) is 16.0 Å². The predicted octanol–water partition coefficient (Wildman–Crippen LogP) is 3.52. The molecule has 0 aromatic heterocycles. The number of nitrogens with zero attached hydrogens (tertiary/aromatic N) is 1. The molecule has 1 saturated carbocycles. The molecule has 1 nitrogen and oxygen atoms in total. The summed E-state index contributed by atoms with van der Waals surface area (Å²) < 4.78 is 37.0. The Labute approximate surface area is 84.5 Å². The first-order valence-electron chi connectivity index (χ1n) is 4.46. The van der Waals surface area contributed by atoms with Gasteiger partial charge in [-0.3, -0.25) is 0 Å². The second-order valence-electron chi connectivity index (χ2n) is 3.68. The summed E-state index contributed by atoms with van der Waals surface area (Å²) in [5.74, 6) is 0. The van der Waals surface area contributed by atoms with E-state index in [4.69, 9.17) is 0 Å². The number of alkyl halides is 3. The van der Waals surface area contributed by atoms with Gasteiger partial charge in [0.2, 0.25) is 0 Å². The van der Waals surface area contributed by atoms with E-state index in [2.05, 4.69) is 4.99 Å². The van der Waals surface area contributed by atoms with Crippen molar-refractivity contribution in [2.24, 2.45) is 4.99 Å². The van der Waals surface area contributed by atoms with Crippen molar-refractivity contribution in [3.05, 3.63) is 11.8 Å². The molecule has 2 aliphatic rings. The molecule has 1 heterocycles. The molecule has 0 radical (unpaired) electrons. The molecule has 0 aromatic rings. The Morgan fingerprint density at radius 2 is 2.07 bits per heavy atom. The Morgan fingerprint density at radius 3 is 2.50 bits per heavy atom. The van der Waals surface area contributed by atoms with E-state index in [9.17, 15) is 13.2 Å². The minimum Gasteiger partial charge on any atom is -0.242 e. The highest BCUT2D eigenvalue weighted by atomic mass is 32.2. The van der Waals surface area contributed by atoms with E-state index in [1.54, 1.807) is 6.92 Å². The van der Waals surface area contributed by atoms with E-state index in [0.29, 0.717) is 5.04 Å². The zero-order valence-electron chi connectivity index (χ0n) is 7.69. The summed E-state index contributed by atoms with van der Waals surface area (Å²) in [4.78, 5) is 3.55. The number of hydrogen-bond donors (Lipinski definition) is 0. The van der Waals surface area contributed by atoms with Gasteiger partial charge in [-0.25, -0.2) is 4.99 Å². The Kier molecular flexibility index (Phi) is 2.17. The van der Waals surface area contributed by atoms with Crippen molar-refractivity contribution in [1.82, 2.24) is 0 Å². The normalized spacial score (nSPS) is 25.4. The summed E-state index contributed by atoms with van der Waals surface area (Å²) in [5, 5.41) is 0.527. The Bertz CT molecular complexity index is 313. The summed E-state index contributed by atoms with van der Waals surface area (Å²) in [6.07, 6.45) is -0.310. The predicted molar refractivity (Wildman–Crippen MR) is 51.4 cm³/mol. The van der Waals surface area contributed by atoms with Gasteiger partial charge < -0.3 is 0 Å². The molecule has 1 aliphatic carbocycles. The largest absolute Gasteiger partial charge is 0.433 e. The van der Waals surface area contributed by atoms with Crippen LogP contribution in [-0.2, 0) is 0 Å². The van der Waals surface area contributed by atoms with Gasteiger partial charge in [0.25, 0.3) is 0 Å². The van der Waals surface area contributed by atoms with E-state index in [1.807, 2.05) is 0 Å². The number of rotatable bonds is 0. The molecule has 0 saturated heterocycles. The highest BCUT2D eigenvalue weighted by Gasteiger charge is 2.44. The highest BCUT2D eigenvalue weighted by molar-refractivity contribution is 8.15. The molecule has 14 heavy (non-hydrogen) atoms. The lowest BCUT2D eigenvalue weighted by Gasteiger charge is -2.40. The number of thioether (sulfide) groups is 1. The van der Waals surface area contributed by atoms with E-state index >= 15 is 0 Å². The maximum atomic E-state index is 12.4. The summed E-state index contributed by atoms with van der Waals surface area (Å²) in [6, 6.07) is 0. The van der Waals surface area contributed by atoms with Gasteiger partial charge in [-0.2, -0.15) is 13.2 Å². The van der Waals surface area contributed by atoms with Gasteiger partial charge in [0.1, 0.15) is 5.70 Å². The third-order valence-corrected chi connectivity index (χ3v) is 3.84. The van der Waals surface area contributed by atoms with Crippen LogP contribution >= 0.6 is 11.8 Å². The molecule has 1 spiro atoms. The SMILES string of the molecule is CC1=NC(C(F)(F)F)=CC2(CCC2)S1. The van der Waals surface area contributed by atoms with Gasteiger partial charge in [0, 0.05) is 4.75 Å². The fourth-order valence-corrected chi connectivity index (χ4v) is 3.11. The van der Waals surface area contributed by atoms with Crippen LogP contribution in [0.3, 0.4) is 0 Å². The number of aliphatic imine (C=N–C) groups is 1. The Morgan fingerprint density at radius 1 is 1.43 bits per heavy atom. The van der Waals surface area contributed by atoms with Crippen molar-refractivity contribution >= 4 is 16.8 Å². The molecule has 0 atom stereocenters. The first-order chi connectivity index (χ1) is 6.41. The summed E-state index contributed by atoms with van der Waals surface area (Å²) in [6.45, 7) is 1.64. The average molecular weight is 221 g/mol. The van der Waals surface area contributed by atoms with E-state index in [1.165, 1.54) is 17.8 Å². The standard InChI is InChI=1S/C9H10F3NS/c1-6-13-7(9(10,11)12)5-8(14-6)3-2-4-8/h5H,2-4H2,1H3. The van der Waals surface area contributed by atoms with Crippen LogP contribution in [0.1, 0.15) is 26.2 Å². The monoisotopic (exact) mass is 221 g/mol. The maximum Gasteiger partial charge on any atom is 0.433 e. The third-order valence-electron chi connectivity index (χ3n) is 2.52. The Balaban J connectivity index is 2.31. The fourth-order valence-electron chi connectivity index (χ4n) is 1.71. The van der Waals surface area contributed by atoms with Gasteiger partial charge in [-0.15, -0.1) is 11.8 Å². The Hall–Kier alpha value is -0.450. The lowest BCUT2D eigenvalue weighted by Crippen LogP contribution is -2.35. The van der Waals surface area contributed by atoms with Crippen LogP contribution in [0.15, 0.2) is 16.8 Å². The van der Waals surface area contributed by atoms with Crippen molar-refractivity contribution < 1.29 is 13.2 Å². The third kappa shape index (κ3) is 1.69. The molecule has 0 bridgehead atoms. The molecular weight excluding hydrogens is 211 g/mol. The lowest BCUT2D eigenvalue weighted by molar-refractivity contribution is -0.0929. The molecule has 1 fully saturated rings. The average Bonchev–Trinajstić information content (AvgIpc) is 1.98. The topological polar surface area (TPSA) is 12.4 Å². The van der Waals surface area contributed by atoms with Crippen molar-refractivity contribution in [3.63, 3.8) is 0 Å². The number of allylic oxidation sites excluding steroid dienone is 1. The van der Waals surface area contributed by atoms with E-state index < -0.39 is 11.9 Å². The van der Waals surface area contributed by atoms with Crippen LogP contribution < -0.4 is 0 Å². The second-order valence-corrected chi connectivity index (χ2v) is 5.29. The number of hydrogen-bond acceptors (Lipinski definition) is 2. The molecule has 0 unspecified atom stereocenters. The van der Waals surface area contributed by atoms with Crippen LogP contribution in [0.5, 0.6) is 0 Å². The van der Waals surface area contributed by atoms with Gasteiger partial charge in [-0.05, 0) is 25.8 Å². The second kappa shape index (κ2) is 3.02. The van der Waals surface area contributed by atoms with E-state index in [-0.39, 0.29) is 4.75 Å². The van der Waals surface area contributed by atoms with Crippen molar-refractivity contribution in [1.29, 1.82) is 0 Å². The van der Waals surface area contributed by atoms with Gasteiger partial charge >= 0.3 is 6.18 Å². The minimum absolute atomic E-state index is 0.295. The molecule has 0 amide bonds. The van der Waals surface area contributed by atoms with Crippen molar-refractivity contribution in [3.8, 4) is 0 Å². The summed E-state index contributed by atoms with van der Waals surface area (Å²) >= 11 is 1.47. The first-order valence-corrected chi connectivity index (χ1v) is 5.27. The maximum absolute atomic E-state index is 12.4. The van der Waals surface area contributed by atoms with Crippen molar-refractivity contribution in [2.45, 2.75) is 37.1 Å². The highest BCUT2D eigenvalue weighted by Crippen LogP contribution is 2.50. The zero-order valence-corrected chi connectivity index (χ0v) is 8.50. The van der Waals surface area contributed by atoms with Crippen LogP contribution in [0, 0.1) is 0 Å². The van der Waals surface area contributed by atoms with Crippen LogP contribution in [0.4, 0.5) is 13.2 Å². The molecule has 5 heteroatoms. The number of halogens is 3. The minimum atomic E-state index is -4.30. The van der Waals surface area contributed by atoms with Crippen LogP contribution in [0.2, 0.25) is 0 Å². The molecule has 0 aromatic carbocycles. The smallest absolute Gasteiger partial charge is 0.242 e. The van der Waals surface area contributed by atoms with Crippen molar-refractivity contribution in [2.75, 3.05) is 0 Å². The van der Waals surface area contributed by atoms with Gasteiger partial charge in [0.15, 0.2) is 0 Å². The van der Waals surface area contributed by atoms with Gasteiger partial charge in [-0.1, -0.05) is 6.42 Å². The van der Waals surface area contributed by atoms with Gasteiger partial charge in [0.05, 0.1) is 5.04 Å². The molecule has 2 rings (SSSR count). The molecule has 1 aliphatic heterocycles. The molecule has 0 N–H and O–H groups in total. The van der Waals surface area contributed by atoms with E-state index in [0.717, 1.165) is 19.3 Å². The fraction of sp³-hybridized carbons (Fsp3) is 0.667. The van der Waals surface area contributed by atoms with Crippen LogP contribution in [0.25, 0.3) is 0 Å². The summed E-state index contributed by atoms with van der Waals surface area (Å²) in [7, 11) is 0. The quantitative estimate of drug-likeness (QED) is 0.609. The molecular formula is C9H10F3NS.